The summed E-state index contributed by atoms with van der Waals surface area (Å²) < 4.78 is 5.05. The molecule has 2 fully saturated rings. The van der Waals surface area contributed by atoms with Gasteiger partial charge in [-0.15, -0.1) is 0 Å². The predicted octanol–water partition coefficient (Wildman–Crippen LogP) is 1.37. The summed E-state index contributed by atoms with van der Waals surface area (Å²) in [5, 5.41) is 11.5. The van der Waals surface area contributed by atoms with Crippen LogP contribution in [-0.2, 0) is 9.53 Å². The van der Waals surface area contributed by atoms with E-state index in [1.54, 1.807) is 20.8 Å². The lowest BCUT2D eigenvalue weighted by molar-refractivity contribution is -0.140. The molecule has 5 nitrogen and oxygen atoms in total. The van der Waals surface area contributed by atoms with Crippen LogP contribution in [0.3, 0.4) is 0 Å². The first-order valence-corrected chi connectivity index (χ1v) is 5.47. The third-order valence-corrected chi connectivity index (χ3v) is 3.23. The molecule has 2 aliphatic rings. The summed E-state index contributed by atoms with van der Waals surface area (Å²) in [6, 6.07) is -0.785. The molecule has 0 heterocycles. The number of aliphatic carboxylic acids is 1. The number of carbonyl (C=O) groups is 2. The van der Waals surface area contributed by atoms with Crippen molar-refractivity contribution in [2.24, 2.45) is 11.3 Å². The van der Waals surface area contributed by atoms with Gasteiger partial charge in [0.1, 0.15) is 11.6 Å². The van der Waals surface area contributed by atoms with Gasteiger partial charge in [-0.3, -0.25) is 0 Å². The second-order valence-electron chi connectivity index (χ2n) is 5.76. The van der Waals surface area contributed by atoms with Gasteiger partial charge in [0.15, 0.2) is 0 Å². The monoisotopic (exact) mass is 227 g/mol. The fraction of sp³-hybridized carbons (Fsp3) is 0.818. The lowest BCUT2D eigenvalue weighted by atomic mass is 10.1. The van der Waals surface area contributed by atoms with Crippen LogP contribution in [0.25, 0.3) is 0 Å². The van der Waals surface area contributed by atoms with Crippen molar-refractivity contribution in [1.82, 2.24) is 5.32 Å². The van der Waals surface area contributed by atoms with E-state index in [-0.39, 0.29) is 5.41 Å². The van der Waals surface area contributed by atoms with Crippen LogP contribution in [-0.4, -0.2) is 28.8 Å². The molecule has 0 bridgehead atoms. The van der Waals surface area contributed by atoms with Crippen LogP contribution in [0.2, 0.25) is 0 Å². The summed E-state index contributed by atoms with van der Waals surface area (Å²) >= 11 is 0. The maximum atomic E-state index is 11.5. The molecule has 5 heteroatoms. The standard InChI is InChI=1S/C11H17NO4/c1-10(2,3)16-9(15)12-7(8(13)14)11-4-6(11)5-11/h6-7H,4-5H2,1-3H3,(H,12,15)(H,13,14). The number of hydrogen-bond donors (Lipinski definition) is 2. The van der Waals surface area contributed by atoms with E-state index in [1.165, 1.54) is 0 Å². The highest BCUT2D eigenvalue weighted by molar-refractivity contribution is 5.82. The third-order valence-electron chi connectivity index (χ3n) is 3.23. The predicted molar refractivity (Wildman–Crippen MR) is 56.0 cm³/mol. The Morgan fingerprint density at radius 1 is 1.44 bits per heavy atom. The van der Waals surface area contributed by atoms with Crippen molar-refractivity contribution in [1.29, 1.82) is 0 Å². The summed E-state index contributed by atoms with van der Waals surface area (Å²) in [5.41, 5.74) is -0.750. The van der Waals surface area contributed by atoms with Crippen LogP contribution >= 0.6 is 0 Å². The van der Waals surface area contributed by atoms with Gasteiger partial charge in [0, 0.05) is 5.41 Å². The molecule has 16 heavy (non-hydrogen) atoms. The first-order chi connectivity index (χ1) is 7.24. The molecule has 0 aliphatic heterocycles. The Labute approximate surface area is 94.2 Å². The summed E-state index contributed by atoms with van der Waals surface area (Å²) in [7, 11) is 0. The Bertz CT molecular complexity index is 338. The first-order valence-electron chi connectivity index (χ1n) is 5.47. The van der Waals surface area contributed by atoms with Gasteiger partial charge in [0.25, 0.3) is 0 Å². The van der Waals surface area contributed by atoms with Crippen LogP contribution in [0.1, 0.15) is 33.6 Å². The van der Waals surface area contributed by atoms with Gasteiger partial charge < -0.3 is 15.2 Å². The molecule has 2 rings (SSSR count). The van der Waals surface area contributed by atoms with E-state index in [0.717, 1.165) is 12.8 Å². The average molecular weight is 227 g/mol. The molecule has 90 valence electrons. The molecule has 0 saturated heterocycles. The van der Waals surface area contributed by atoms with Crippen LogP contribution in [0, 0.1) is 11.3 Å². The highest BCUT2D eigenvalue weighted by Crippen LogP contribution is 2.77. The number of ether oxygens (including phenoxy) is 1. The van der Waals surface area contributed by atoms with E-state index in [1.807, 2.05) is 0 Å². The third kappa shape index (κ3) is 1.99. The molecular formula is C11H17NO4. The molecular weight excluding hydrogens is 210 g/mol. The minimum Gasteiger partial charge on any atom is -0.480 e. The number of nitrogens with one attached hydrogen (secondary N) is 1. The number of amides is 1. The zero-order valence-electron chi connectivity index (χ0n) is 9.74. The van der Waals surface area contributed by atoms with Crippen molar-refractivity contribution in [2.75, 3.05) is 0 Å². The van der Waals surface area contributed by atoms with E-state index in [2.05, 4.69) is 5.32 Å². The Hall–Kier alpha value is -1.26. The molecule has 0 aromatic rings. The fourth-order valence-corrected chi connectivity index (χ4v) is 2.09. The molecule has 2 aliphatic carbocycles. The van der Waals surface area contributed by atoms with Crippen molar-refractivity contribution in [3.8, 4) is 0 Å². The van der Waals surface area contributed by atoms with Crippen molar-refractivity contribution in [2.45, 2.75) is 45.3 Å². The number of alkyl carbamates (subject to hydrolysis) is 1. The molecule has 2 saturated carbocycles. The number of rotatable bonds is 3. The molecule has 1 atom stereocenters. The van der Waals surface area contributed by atoms with Gasteiger partial charge in [0.2, 0.25) is 0 Å². The van der Waals surface area contributed by atoms with Crippen LogP contribution in [0.15, 0.2) is 0 Å². The van der Waals surface area contributed by atoms with Gasteiger partial charge in [-0.25, -0.2) is 9.59 Å². The topological polar surface area (TPSA) is 75.6 Å². The quantitative estimate of drug-likeness (QED) is 0.763. The van der Waals surface area contributed by atoms with Gasteiger partial charge >= 0.3 is 12.1 Å². The minimum atomic E-state index is -0.967. The van der Waals surface area contributed by atoms with E-state index in [0.29, 0.717) is 5.92 Å². The summed E-state index contributed by atoms with van der Waals surface area (Å²) in [6.45, 7) is 5.24. The second-order valence-corrected chi connectivity index (χ2v) is 5.76. The van der Waals surface area contributed by atoms with Gasteiger partial charge in [-0.2, -0.15) is 0 Å². The Morgan fingerprint density at radius 2 is 1.94 bits per heavy atom. The summed E-state index contributed by atoms with van der Waals surface area (Å²) in [6.07, 6.45) is 1.19. The number of carboxylic acids is 1. The zero-order valence-corrected chi connectivity index (χ0v) is 9.74. The highest BCUT2D eigenvalue weighted by Gasteiger charge is 2.75. The summed E-state index contributed by atoms with van der Waals surface area (Å²) in [4.78, 5) is 22.5. The Kier molecular flexibility index (Phi) is 2.19. The average Bonchev–Trinajstić information content (AvgIpc) is 2.82. The molecule has 1 unspecified atom stereocenters. The molecule has 0 radical (unpaired) electrons. The second kappa shape index (κ2) is 3.12. The van der Waals surface area contributed by atoms with Crippen LogP contribution in [0.5, 0.6) is 0 Å². The molecule has 0 aromatic carbocycles. The largest absolute Gasteiger partial charge is 0.480 e. The smallest absolute Gasteiger partial charge is 0.408 e. The summed E-state index contributed by atoms with van der Waals surface area (Å²) in [5.74, 6) is -0.464. The maximum absolute atomic E-state index is 11.5. The Morgan fingerprint density at radius 3 is 2.25 bits per heavy atom. The van der Waals surface area contributed by atoms with E-state index < -0.39 is 23.7 Å². The zero-order chi connectivity index (χ0) is 12.1. The first kappa shape index (κ1) is 11.2. The Balaban J connectivity index is 1.91. The SMILES string of the molecule is CC(C)(C)OC(=O)NC(C(=O)O)C12CC1C2. The van der Waals surface area contributed by atoms with Crippen molar-refractivity contribution >= 4 is 12.1 Å². The van der Waals surface area contributed by atoms with Crippen LogP contribution < -0.4 is 5.32 Å². The van der Waals surface area contributed by atoms with Gasteiger partial charge in [-0.1, -0.05) is 0 Å². The number of hydrogen-bond acceptors (Lipinski definition) is 3. The lowest BCUT2D eigenvalue weighted by Crippen LogP contribution is -2.46. The lowest BCUT2D eigenvalue weighted by Gasteiger charge is -2.23. The van der Waals surface area contributed by atoms with Crippen molar-refractivity contribution in [3.05, 3.63) is 0 Å². The number of carbonyl (C=O) groups excluding carboxylic acids is 1. The number of fused-ring (bicyclic) bond motifs is 1. The van der Waals surface area contributed by atoms with E-state index >= 15 is 0 Å². The maximum Gasteiger partial charge on any atom is 0.408 e. The van der Waals surface area contributed by atoms with Gasteiger partial charge in [0.05, 0.1) is 0 Å². The molecule has 0 aromatic heterocycles. The minimum absolute atomic E-state index is 0.150. The molecule has 0 spiro atoms. The fourth-order valence-electron chi connectivity index (χ4n) is 2.09. The van der Waals surface area contributed by atoms with Crippen LogP contribution in [0.4, 0.5) is 4.79 Å². The normalized spacial score (nSPS) is 32.3. The van der Waals surface area contributed by atoms with E-state index in [4.69, 9.17) is 9.84 Å². The van der Waals surface area contributed by atoms with Crippen molar-refractivity contribution < 1.29 is 19.4 Å². The molecule has 2 N–H and O–H groups in total. The van der Waals surface area contributed by atoms with E-state index in [9.17, 15) is 9.59 Å². The number of carboxylic acid groups (broad SMARTS) is 1. The molecule has 1 amide bonds. The van der Waals surface area contributed by atoms with Gasteiger partial charge in [-0.05, 0) is 39.5 Å². The van der Waals surface area contributed by atoms with Crippen molar-refractivity contribution in [3.63, 3.8) is 0 Å². The highest BCUT2D eigenvalue weighted by atomic mass is 16.6.